The van der Waals surface area contributed by atoms with Crippen molar-refractivity contribution in [2.24, 2.45) is 0 Å². The average Bonchev–Trinajstić information content (AvgIpc) is 3.51. The molecule has 10 heteroatoms. The predicted octanol–water partition coefficient (Wildman–Crippen LogP) is 5.93. The number of benzene rings is 2. The number of aromatic nitrogens is 1. The molecular weight excluding hydrogens is 566 g/mol. The van der Waals surface area contributed by atoms with Crippen LogP contribution >= 0.6 is 0 Å². The number of carbonyl (C=O) groups is 1. The zero-order valence-electron chi connectivity index (χ0n) is 27.5. The van der Waals surface area contributed by atoms with Crippen LogP contribution in [0.5, 0.6) is 0 Å². The van der Waals surface area contributed by atoms with Crippen molar-refractivity contribution >= 4 is 31.9 Å². The minimum Gasteiger partial charge on any atom is -0.449 e. The van der Waals surface area contributed by atoms with E-state index in [9.17, 15) is 4.79 Å². The number of rotatable bonds is 7. The third-order valence-corrected chi connectivity index (χ3v) is 9.99. The SMILES string of the molecule is CC1(C)OB(C(=Cc2cncc(B3OC(C)(C)C(C)(C)O3)c2)CNC(=O)OCC2c3ccccc3-c3ccccc32)OC1(C)C. The standard InChI is InChI=1S/C35H42B2N2O6/c1-32(2)33(3,4)43-36(42-32)24-17-23(19-38-20-24)18-25(37-44-34(5,6)35(7,8)45-37)21-39-31(40)41-22-30-28-15-11-9-13-26(28)27-14-10-12-16-29(27)30/h9-20,30H,21-22H2,1-8H3,(H,39,40). The molecule has 0 atom stereocenters. The van der Waals surface area contributed by atoms with Crippen LogP contribution in [0.4, 0.5) is 4.79 Å². The highest BCUT2D eigenvalue weighted by molar-refractivity contribution is 6.62. The fraction of sp³-hybridized carbons (Fsp3) is 0.429. The molecule has 0 spiro atoms. The zero-order valence-corrected chi connectivity index (χ0v) is 27.5. The molecule has 0 radical (unpaired) electrons. The Hall–Kier alpha value is -3.43. The quantitative estimate of drug-likeness (QED) is 0.333. The van der Waals surface area contributed by atoms with Crippen LogP contribution in [0.3, 0.4) is 0 Å². The summed E-state index contributed by atoms with van der Waals surface area (Å²) < 4.78 is 31.1. The molecule has 2 aromatic carbocycles. The van der Waals surface area contributed by atoms with Gasteiger partial charge >= 0.3 is 20.3 Å². The first-order valence-electron chi connectivity index (χ1n) is 15.6. The normalized spacial score (nSPS) is 21.0. The summed E-state index contributed by atoms with van der Waals surface area (Å²) in [6.07, 6.45) is 4.94. The van der Waals surface area contributed by atoms with Crippen molar-refractivity contribution < 1.29 is 28.1 Å². The topological polar surface area (TPSA) is 88.1 Å². The van der Waals surface area contributed by atoms with E-state index in [0.717, 1.165) is 16.5 Å². The van der Waals surface area contributed by atoms with Gasteiger partial charge < -0.3 is 28.7 Å². The Balaban J connectivity index is 1.19. The molecule has 2 fully saturated rings. The maximum absolute atomic E-state index is 13.1. The molecule has 0 bridgehead atoms. The van der Waals surface area contributed by atoms with Gasteiger partial charge in [-0.05, 0) is 88.7 Å². The molecule has 1 amide bonds. The van der Waals surface area contributed by atoms with Gasteiger partial charge in [0.05, 0.1) is 22.4 Å². The van der Waals surface area contributed by atoms with Crippen molar-refractivity contribution in [1.82, 2.24) is 10.3 Å². The summed E-state index contributed by atoms with van der Waals surface area (Å²) in [5, 5.41) is 2.94. The number of fused-ring (bicyclic) bond motifs is 3. The fourth-order valence-corrected chi connectivity index (χ4v) is 5.90. The fourth-order valence-electron chi connectivity index (χ4n) is 5.90. The van der Waals surface area contributed by atoms with E-state index in [1.807, 2.05) is 91.8 Å². The van der Waals surface area contributed by atoms with E-state index in [1.54, 1.807) is 12.4 Å². The van der Waals surface area contributed by atoms with E-state index in [-0.39, 0.29) is 19.1 Å². The van der Waals surface area contributed by atoms with E-state index in [0.29, 0.717) is 0 Å². The van der Waals surface area contributed by atoms with Crippen LogP contribution in [-0.4, -0.2) is 60.9 Å². The number of nitrogens with zero attached hydrogens (tertiary/aromatic N) is 1. The molecule has 1 aromatic heterocycles. The highest BCUT2D eigenvalue weighted by Gasteiger charge is 2.53. The Labute approximate surface area is 267 Å². The summed E-state index contributed by atoms with van der Waals surface area (Å²) in [7, 11) is -1.22. The van der Waals surface area contributed by atoms with Crippen molar-refractivity contribution in [3.63, 3.8) is 0 Å². The number of nitrogens with one attached hydrogen (secondary N) is 1. The third-order valence-electron chi connectivity index (χ3n) is 9.99. The van der Waals surface area contributed by atoms with Gasteiger partial charge in [0.2, 0.25) is 0 Å². The molecule has 234 valence electrons. The molecule has 2 aliphatic heterocycles. The van der Waals surface area contributed by atoms with Crippen molar-refractivity contribution in [2.75, 3.05) is 13.2 Å². The summed E-state index contributed by atoms with van der Waals surface area (Å²) in [5.41, 5.74) is 5.00. The monoisotopic (exact) mass is 608 g/mol. The Morgan fingerprint density at radius 3 is 1.93 bits per heavy atom. The van der Waals surface area contributed by atoms with Crippen molar-refractivity contribution in [2.45, 2.75) is 83.7 Å². The summed E-state index contributed by atoms with van der Waals surface area (Å²) in [5.74, 6) is -0.0231. The van der Waals surface area contributed by atoms with Crippen LogP contribution in [0.15, 0.2) is 72.5 Å². The molecule has 6 rings (SSSR count). The number of hydrogen-bond donors (Lipinski definition) is 1. The van der Waals surface area contributed by atoms with Crippen LogP contribution in [-0.2, 0) is 23.4 Å². The Kier molecular flexibility index (Phi) is 8.01. The second-order valence-electron chi connectivity index (χ2n) is 14.1. The molecule has 3 heterocycles. The molecule has 0 saturated carbocycles. The number of amides is 1. The second-order valence-corrected chi connectivity index (χ2v) is 14.1. The van der Waals surface area contributed by atoms with Crippen LogP contribution in [0.2, 0.25) is 0 Å². The average molecular weight is 608 g/mol. The van der Waals surface area contributed by atoms with E-state index >= 15 is 0 Å². The first-order chi connectivity index (χ1) is 21.2. The molecule has 0 unspecified atom stereocenters. The molecule has 2 saturated heterocycles. The number of carbonyl (C=O) groups excluding carboxylic acids is 1. The van der Waals surface area contributed by atoms with Gasteiger partial charge in [-0.3, -0.25) is 4.98 Å². The third kappa shape index (κ3) is 5.97. The molecule has 45 heavy (non-hydrogen) atoms. The van der Waals surface area contributed by atoms with Crippen molar-refractivity contribution in [3.8, 4) is 11.1 Å². The Morgan fingerprint density at radius 2 is 1.36 bits per heavy atom. The number of alkyl carbamates (subject to hydrolysis) is 1. The van der Waals surface area contributed by atoms with E-state index in [1.165, 1.54) is 22.3 Å². The van der Waals surface area contributed by atoms with Gasteiger partial charge in [-0.1, -0.05) is 60.7 Å². The molecule has 8 nitrogen and oxygen atoms in total. The lowest BCUT2D eigenvalue weighted by Gasteiger charge is -2.32. The highest BCUT2D eigenvalue weighted by atomic mass is 16.7. The molecular formula is C35H42B2N2O6. The largest absolute Gasteiger partial charge is 0.496 e. The van der Waals surface area contributed by atoms with Gasteiger partial charge in [-0.25, -0.2) is 4.79 Å². The molecule has 1 N–H and O–H groups in total. The molecule has 3 aliphatic rings. The molecule has 1 aliphatic carbocycles. The van der Waals surface area contributed by atoms with Gasteiger partial charge in [0.15, 0.2) is 0 Å². The van der Waals surface area contributed by atoms with Crippen LogP contribution in [0.1, 0.15) is 78.0 Å². The van der Waals surface area contributed by atoms with Crippen molar-refractivity contribution in [3.05, 3.63) is 89.2 Å². The molecule has 3 aromatic rings. The van der Waals surface area contributed by atoms with Crippen molar-refractivity contribution in [1.29, 1.82) is 0 Å². The maximum Gasteiger partial charge on any atom is 0.496 e. The Morgan fingerprint density at radius 1 is 0.822 bits per heavy atom. The van der Waals surface area contributed by atoms with E-state index in [4.69, 9.17) is 23.4 Å². The maximum atomic E-state index is 13.1. The predicted molar refractivity (Wildman–Crippen MR) is 177 cm³/mol. The highest BCUT2D eigenvalue weighted by Crippen LogP contribution is 2.44. The van der Waals surface area contributed by atoms with Gasteiger partial charge in [-0.2, -0.15) is 0 Å². The van der Waals surface area contributed by atoms with Gasteiger partial charge in [-0.15, -0.1) is 0 Å². The summed E-state index contributed by atoms with van der Waals surface area (Å²) in [6, 6.07) is 18.5. The van der Waals surface area contributed by atoms with Gasteiger partial charge in [0.25, 0.3) is 0 Å². The minimum atomic E-state index is -0.676. The number of pyridine rings is 1. The first-order valence-corrected chi connectivity index (χ1v) is 15.6. The number of hydrogen-bond acceptors (Lipinski definition) is 7. The van der Waals surface area contributed by atoms with E-state index in [2.05, 4.69) is 34.6 Å². The Bertz CT molecular complexity index is 1560. The van der Waals surface area contributed by atoms with Crippen LogP contribution < -0.4 is 10.8 Å². The van der Waals surface area contributed by atoms with Crippen LogP contribution in [0.25, 0.3) is 17.2 Å². The van der Waals surface area contributed by atoms with E-state index < -0.39 is 42.7 Å². The lowest BCUT2D eigenvalue weighted by molar-refractivity contribution is 0.00578. The summed E-state index contributed by atoms with van der Waals surface area (Å²) >= 11 is 0. The second kappa shape index (κ2) is 11.4. The van der Waals surface area contributed by atoms with Crippen LogP contribution in [0, 0.1) is 0 Å². The van der Waals surface area contributed by atoms with Gasteiger partial charge in [0, 0.05) is 30.3 Å². The van der Waals surface area contributed by atoms with Gasteiger partial charge in [0.1, 0.15) is 6.61 Å². The minimum absolute atomic E-state index is 0.0231. The smallest absolute Gasteiger partial charge is 0.449 e. The first kappa shape index (κ1) is 31.5. The summed E-state index contributed by atoms with van der Waals surface area (Å²) in [4.78, 5) is 17.6. The zero-order chi connectivity index (χ0) is 32.2. The lowest BCUT2D eigenvalue weighted by Crippen LogP contribution is -2.41. The lowest BCUT2D eigenvalue weighted by atomic mass is 9.76. The summed E-state index contributed by atoms with van der Waals surface area (Å²) in [6.45, 7) is 16.5. The number of ether oxygens (including phenoxy) is 1.